The van der Waals surface area contributed by atoms with Gasteiger partial charge in [-0.1, -0.05) is 31.6 Å². The molecular weight excluding hydrogens is 368 g/mol. The lowest BCUT2D eigenvalue weighted by Crippen LogP contribution is -2.27. The first-order valence-corrected chi connectivity index (χ1v) is 9.82. The molecular formula is C22H26N4O3. The predicted molar refractivity (Wildman–Crippen MR) is 113 cm³/mol. The van der Waals surface area contributed by atoms with Crippen molar-refractivity contribution in [3.8, 4) is 17.0 Å². The molecule has 29 heavy (non-hydrogen) atoms. The summed E-state index contributed by atoms with van der Waals surface area (Å²) in [6.07, 6.45) is 7.25. The fourth-order valence-corrected chi connectivity index (χ4v) is 2.96. The minimum absolute atomic E-state index is 0.121. The number of nitrogens with zero attached hydrogens (tertiary/aromatic N) is 3. The summed E-state index contributed by atoms with van der Waals surface area (Å²) < 4.78 is 8.98. The minimum atomic E-state index is -0.188. The lowest BCUT2D eigenvalue weighted by atomic mass is 10.1. The summed E-state index contributed by atoms with van der Waals surface area (Å²) in [4.78, 5) is 24.6. The monoisotopic (exact) mass is 394 g/mol. The number of aromatic nitrogens is 3. The van der Waals surface area contributed by atoms with Gasteiger partial charge in [0, 0.05) is 37.5 Å². The summed E-state index contributed by atoms with van der Waals surface area (Å²) in [6, 6.07) is 9.45. The van der Waals surface area contributed by atoms with Gasteiger partial charge in [0.15, 0.2) is 0 Å². The van der Waals surface area contributed by atoms with Crippen molar-refractivity contribution in [2.75, 3.05) is 13.2 Å². The van der Waals surface area contributed by atoms with Crippen LogP contribution in [-0.4, -0.2) is 33.2 Å². The van der Waals surface area contributed by atoms with Gasteiger partial charge in [0.05, 0.1) is 12.3 Å². The molecule has 0 radical (unpaired) electrons. The average molecular weight is 394 g/mol. The van der Waals surface area contributed by atoms with E-state index in [1.165, 1.54) is 4.57 Å². The fraction of sp³-hybridized carbons (Fsp3) is 0.318. The van der Waals surface area contributed by atoms with Crippen molar-refractivity contribution >= 4 is 11.4 Å². The van der Waals surface area contributed by atoms with E-state index < -0.39 is 0 Å². The maximum absolute atomic E-state index is 12.8. The molecule has 3 rings (SSSR count). The molecule has 152 valence electrons. The molecule has 2 heterocycles. The number of para-hydroxylation sites is 1. The quantitative estimate of drug-likeness (QED) is 0.424. The van der Waals surface area contributed by atoms with Gasteiger partial charge in [-0.25, -0.2) is 4.52 Å². The number of benzene rings is 1. The second-order valence-corrected chi connectivity index (χ2v) is 6.70. The van der Waals surface area contributed by atoms with Gasteiger partial charge < -0.3 is 14.6 Å². The predicted octanol–water partition coefficient (Wildman–Crippen LogP) is 3.03. The van der Waals surface area contributed by atoms with Crippen molar-refractivity contribution < 1.29 is 9.53 Å². The van der Waals surface area contributed by atoms with Crippen LogP contribution in [0.4, 0.5) is 0 Å². The van der Waals surface area contributed by atoms with Crippen LogP contribution in [0.3, 0.4) is 0 Å². The number of carbonyl (C=O) groups excluding carboxylic acids is 1. The van der Waals surface area contributed by atoms with E-state index in [4.69, 9.17) is 4.74 Å². The van der Waals surface area contributed by atoms with Crippen LogP contribution in [0, 0.1) is 0 Å². The number of rotatable bonds is 10. The first-order chi connectivity index (χ1) is 14.1. The Balaban J connectivity index is 1.84. The molecule has 0 unspecified atom stereocenters. The van der Waals surface area contributed by atoms with Gasteiger partial charge in [0.25, 0.3) is 5.56 Å². The Morgan fingerprint density at radius 3 is 2.93 bits per heavy atom. The first kappa shape index (κ1) is 20.4. The Morgan fingerprint density at radius 2 is 2.14 bits per heavy atom. The van der Waals surface area contributed by atoms with E-state index in [0.29, 0.717) is 30.9 Å². The standard InChI is InChI=1S/C22H26N4O3/c1-3-5-15-29-20-9-7-6-8-17(20)18-16-19-22(28)25(13-14-26(19)24-18)12-10-21(27)23-11-4-2/h4,6-9,13-14,16H,2-3,5,10-12,15H2,1H3,(H,23,27). The summed E-state index contributed by atoms with van der Waals surface area (Å²) in [5.74, 6) is 0.632. The number of amides is 1. The third kappa shape index (κ3) is 4.93. The van der Waals surface area contributed by atoms with E-state index >= 15 is 0 Å². The van der Waals surface area contributed by atoms with Crippen molar-refractivity contribution in [1.82, 2.24) is 19.5 Å². The van der Waals surface area contributed by atoms with Crippen LogP contribution >= 0.6 is 0 Å². The van der Waals surface area contributed by atoms with Crippen molar-refractivity contribution in [2.45, 2.75) is 32.7 Å². The zero-order valence-electron chi connectivity index (χ0n) is 16.6. The Labute approximate surface area is 169 Å². The topological polar surface area (TPSA) is 77.6 Å². The normalized spacial score (nSPS) is 10.8. The Bertz CT molecular complexity index is 1050. The summed E-state index contributed by atoms with van der Waals surface area (Å²) in [5, 5.41) is 7.25. The Morgan fingerprint density at radius 1 is 1.31 bits per heavy atom. The smallest absolute Gasteiger partial charge is 0.276 e. The summed E-state index contributed by atoms with van der Waals surface area (Å²) in [7, 11) is 0. The molecule has 1 aromatic carbocycles. The van der Waals surface area contributed by atoms with Gasteiger partial charge in [-0.2, -0.15) is 5.10 Å². The molecule has 3 aromatic rings. The lowest BCUT2D eigenvalue weighted by molar-refractivity contribution is -0.121. The fourth-order valence-electron chi connectivity index (χ4n) is 2.96. The minimum Gasteiger partial charge on any atom is -0.493 e. The van der Waals surface area contributed by atoms with Gasteiger partial charge in [-0.3, -0.25) is 9.59 Å². The number of nitrogens with one attached hydrogen (secondary N) is 1. The molecule has 0 aliphatic rings. The molecule has 1 amide bonds. The number of carbonyl (C=O) groups is 1. The molecule has 0 aliphatic carbocycles. The lowest BCUT2D eigenvalue weighted by Gasteiger charge is -2.09. The van der Waals surface area contributed by atoms with Crippen molar-refractivity contribution in [1.29, 1.82) is 0 Å². The summed E-state index contributed by atoms with van der Waals surface area (Å²) in [5.41, 5.74) is 1.79. The number of aryl methyl sites for hydroxylation is 1. The van der Waals surface area contributed by atoms with Gasteiger partial charge in [-0.15, -0.1) is 6.58 Å². The second-order valence-electron chi connectivity index (χ2n) is 6.70. The number of hydrogen-bond acceptors (Lipinski definition) is 4. The van der Waals surface area contributed by atoms with Crippen LogP contribution in [0.2, 0.25) is 0 Å². The molecule has 1 N–H and O–H groups in total. The average Bonchev–Trinajstić information content (AvgIpc) is 3.17. The summed E-state index contributed by atoms with van der Waals surface area (Å²) >= 11 is 0. The van der Waals surface area contributed by atoms with Crippen LogP contribution in [-0.2, 0) is 11.3 Å². The highest BCUT2D eigenvalue weighted by atomic mass is 16.5. The van der Waals surface area contributed by atoms with Crippen LogP contribution in [0.5, 0.6) is 5.75 Å². The van der Waals surface area contributed by atoms with Crippen LogP contribution < -0.4 is 15.6 Å². The van der Waals surface area contributed by atoms with Gasteiger partial charge in [-0.05, 0) is 24.6 Å². The largest absolute Gasteiger partial charge is 0.493 e. The highest BCUT2D eigenvalue weighted by Gasteiger charge is 2.13. The second kappa shape index (κ2) is 9.73. The zero-order valence-corrected chi connectivity index (χ0v) is 16.6. The van der Waals surface area contributed by atoms with Gasteiger partial charge in [0.1, 0.15) is 11.3 Å². The first-order valence-electron chi connectivity index (χ1n) is 9.82. The van der Waals surface area contributed by atoms with Crippen molar-refractivity contribution in [3.63, 3.8) is 0 Å². The molecule has 0 atom stereocenters. The van der Waals surface area contributed by atoms with Crippen molar-refractivity contribution in [3.05, 3.63) is 65.7 Å². The molecule has 0 fully saturated rings. The van der Waals surface area contributed by atoms with E-state index in [1.54, 1.807) is 29.1 Å². The molecule has 7 nitrogen and oxygen atoms in total. The van der Waals surface area contributed by atoms with E-state index in [2.05, 4.69) is 23.9 Å². The number of ether oxygens (including phenoxy) is 1. The Hall–Kier alpha value is -3.35. The summed E-state index contributed by atoms with van der Waals surface area (Å²) in [6.45, 7) is 7.04. The van der Waals surface area contributed by atoms with Gasteiger partial charge in [0.2, 0.25) is 5.91 Å². The van der Waals surface area contributed by atoms with Crippen LogP contribution in [0.1, 0.15) is 26.2 Å². The van der Waals surface area contributed by atoms with Crippen LogP contribution in [0.25, 0.3) is 16.8 Å². The molecule has 0 aliphatic heterocycles. The SMILES string of the molecule is C=CCNC(=O)CCn1ccn2nc(-c3ccccc3OCCCC)cc2c1=O. The van der Waals surface area contributed by atoms with E-state index in [-0.39, 0.29) is 17.9 Å². The molecule has 0 bridgehead atoms. The highest BCUT2D eigenvalue weighted by molar-refractivity contribution is 5.76. The highest BCUT2D eigenvalue weighted by Crippen LogP contribution is 2.29. The number of unbranched alkanes of at least 4 members (excludes halogenated alkanes) is 1. The van der Waals surface area contributed by atoms with Crippen molar-refractivity contribution in [2.24, 2.45) is 0 Å². The third-order valence-corrected chi connectivity index (χ3v) is 4.55. The third-order valence-electron chi connectivity index (χ3n) is 4.55. The molecule has 2 aromatic heterocycles. The maximum Gasteiger partial charge on any atom is 0.276 e. The van der Waals surface area contributed by atoms with E-state index in [1.807, 2.05) is 24.3 Å². The number of fused-ring (bicyclic) bond motifs is 1. The Kier molecular flexibility index (Phi) is 6.84. The van der Waals surface area contributed by atoms with Crippen LogP contribution in [0.15, 0.2) is 60.2 Å². The molecule has 0 spiro atoms. The molecule has 0 saturated heterocycles. The maximum atomic E-state index is 12.8. The zero-order chi connectivity index (χ0) is 20.6. The number of hydrogen-bond donors (Lipinski definition) is 1. The molecule has 7 heteroatoms. The molecule has 0 saturated carbocycles. The van der Waals surface area contributed by atoms with E-state index in [9.17, 15) is 9.59 Å². The van der Waals surface area contributed by atoms with Gasteiger partial charge >= 0.3 is 0 Å². The van der Waals surface area contributed by atoms with E-state index in [0.717, 1.165) is 24.2 Å².